The standard InChI is InChI=1S/C22H26N4O2S/c1-14-11-24-22-18(14)10-17(12-25-22)16-8-15-5-7-26(29(2,27)28)13-20(15)19(9-16)21-4-3-6-23-21/h8-12,21,23H,3-7,13H2,1-2H3,(H,24,25)/t21-/m0/s1. The Morgan fingerprint density at radius 1 is 1.21 bits per heavy atom. The number of nitrogens with one attached hydrogen (secondary N) is 2. The molecular formula is C22H26N4O2S. The molecule has 0 spiro atoms. The van der Waals surface area contributed by atoms with Crippen molar-refractivity contribution in [2.45, 2.75) is 38.8 Å². The first kappa shape index (κ1) is 18.8. The van der Waals surface area contributed by atoms with Crippen LogP contribution in [0.5, 0.6) is 0 Å². The van der Waals surface area contributed by atoms with Crippen LogP contribution in [0.25, 0.3) is 22.2 Å². The smallest absolute Gasteiger partial charge is 0.211 e. The van der Waals surface area contributed by atoms with Gasteiger partial charge in [-0.15, -0.1) is 0 Å². The first-order chi connectivity index (χ1) is 13.9. The van der Waals surface area contributed by atoms with Crippen LogP contribution in [0.1, 0.15) is 41.1 Å². The average molecular weight is 411 g/mol. The van der Waals surface area contributed by atoms with Gasteiger partial charge in [0.2, 0.25) is 10.0 Å². The van der Waals surface area contributed by atoms with Crippen molar-refractivity contribution >= 4 is 21.1 Å². The van der Waals surface area contributed by atoms with Crippen molar-refractivity contribution in [3.63, 3.8) is 0 Å². The highest BCUT2D eigenvalue weighted by atomic mass is 32.2. The van der Waals surface area contributed by atoms with Crippen LogP contribution in [-0.4, -0.2) is 42.0 Å². The Hall–Kier alpha value is -2.22. The van der Waals surface area contributed by atoms with Crippen LogP contribution in [-0.2, 0) is 23.0 Å². The third-order valence-electron chi connectivity index (χ3n) is 6.32. The van der Waals surface area contributed by atoms with Gasteiger partial charge in [-0.25, -0.2) is 13.4 Å². The molecule has 2 aliphatic heterocycles. The Morgan fingerprint density at radius 2 is 2.07 bits per heavy atom. The number of rotatable bonds is 3. The van der Waals surface area contributed by atoms with Gasteiger partial charge < -0.3 is 10.3 Å². The molecule has 1 aromatic carbocycles. The largest absolute Gasteiger partial charge is 0.346 e. The van der Waals surface area contributed by atoms with Crippen molar-refractivity contribution in [3.05, 3.63) is 52.8 Å². The molecule has 152 valence electrons. The van der Waals surface area contributed by atoms with Crippen molar-refractivity contribution in [2.75, 3.05) is 19.3 Å². The Morgan fingerprint density at radius 3 is 2.83 bits per heavy atom. The van der Waals surface area contributed by atoms with Crippen LogP contribution in [0.2, 0.25) is 0 Å². The summed E-state index contributed by atoms with van der Waals surface area (Å²) >= 11 is 0. The maximum absolute atomic E-state index is 12.1. The number of hydrogen-bond donors (Lipinski definition) is 2. The molecule has 1 saturated heterocycles. The predicted octanol–water partition coefficient (Wildman–Crippen LogP) is 3.28. The minimum atomic E-state index is -3.19. The zero-order valence-electron chi connectivity index (χ0n) is 16.8. The summed E-state index contributed by atoms with van der Waals surface area (Å²) in [6.07, 6.45) is 8.20. The summed E-state index contributed by atoms with van der Waals surface area (Å²) in [6.45, 7) is 4.11. The third kappa shape index (κ3) is 3.37. The number of pyridine rings is 1. The minimum absolute atomic E-state index is 0.286. The SMILES string of the molecule is Cc1c[nH]c2ncc(-c3cc4c(c([C@@H]5CCCN5)c3)CN(S(C)(=O)=O)CC4)cc12. The maximum Gasteiger partial charge on any atom is 0.211 e. The van der Waals surface area contributed by atoms with E-state index in [1.54, 1.807) is 4.31 Å². The fourth-order valence-electron chi connectivity index (χ4n) is 4.68. The Kier molecular flexibility index (Phi) is 4.49. The number of hydrogen-bond acceptors (Lipinski definition) is 4. The number of aryl methyl sites for hydroxylation is 1. The van der Waals surface area contributed by atoms with Gasteiger partial charge in [-0.3, -0.25) is 0 Å². The van der Waals surface area contributed by atoms with Gasteiger partial charge >= 0.3 is 0 Å². The van der Waals surface area contributed by atoms with Gasteiger partial charge in [-0.2, -0.15) is 4.31 Å². The van der Waals surface area contributed by atoms with Crippen molar-refractivity contribution in [1.82, 2.24) is 19.6 Å². The van der Waals surface area contributed by atoms with Gasteiger partial charge in [0.25, 0.3) is 0 Å². The molecule has 2 N–H and O–H groups in total. The summed E-state index contributed by atoms with van der Waals surface area (Å²) in [5, 5.41) is 4.74. The van der Waals surface area contributed by atoms with Crippen LogP contribution in [0.4, 0.5) is 0 Å². The molecule has 2 aliphatic rings. The van der Waals surface area contributed by atoms with Crippen LogP contribution in [0.3, 0.4) is 0 Å². The predicted molar refractivity (Wildman–Crippen MR) is 115 cm³/mol. The molecule has 5 rings (SSSR count). The Labute approximate surface area is 171 Å². The number of benzene rings is 1. The lowest BCUT2D eigenvalue weighted by Crippen LogP contribution is -2.36. The molecule has 29 heavy (non-hydrogen) atoms. The number of nitrogens with zero attached hydrogens (tertiary/aromatic N) is 2. The summed E-state index contributed by atoms with van der Waals surface area (Å²) in [4.78, 5) is 7.81. The average Bonchev–Trinajstić information content (AvgIpc) is 3.36. The van der Waals surface area contributed by atoms with Crippen molar-refractivity contribution in [1.29, 1.82) is 0 Å². The quantitative estimate of drug-likeness (QED) is 0.695. The zero-order chi connectivity index (χ0) is 20.2. The molecule has 2 aromatic heterocycles. The number of fused-ring (bicyclic) bond motifs is 2. The molecule has 0 bridgehead atoms. The second-order valence-corrected chi connectivity index (χ2v) is 10.3. The molecule has 0 unspecified atom stereocenters. The fourth-order valence-corrected chi connectivity index (χ4v) is 5.46. The van der Waals surface area contributed by atoms with Gasteiger partial charge in [0, 0.05) is 42.5 Å². The summed E-state index contributed by atoms with van der Waals surface area (Å²) < 4.78 is 25.9. The van der Waals surface area contributed by atoms with Crippen molar-refractivity contribution in [3.8, 4) is 11.1 Å². The van der Waals surface area contributed by atoms with E-state index in [1.165, 1.54) is 28.5 Å². The van der Waals surface area contributed by atoms with E-state index in [9.17, 15) is 8.42 Å². The lowest BCUT2D eigenvalue weighted by atomic mass is 9.87. The van der Waals surface area contributed by atoms with Gasteiger partial charge in [-0.1, -0.05) is 6.07 Å². The highest BCUT2D eigenvalue weighted by Gasteiger charge is 2.29. The van der Waals surface area contributed by atoms with E-state index in [1.807, 2.05) is 12.4 Å². The summed E-state index contributed by atoms with van der Waals surface area (Å²) in [6, 6.07) is 6.97. The van der Waals surface area contributed by atoms with Gasteiger partial charge in [-0.05, 0) is 72.7 Å². The first-order valence-corrected chi connectivity index (χ1v) is 12.0. The highest BCUT2D eigenvalue weighted by molar-refractivity contribution is 7.88. The van der Waals surface area contributed by atoms with Crippen LogP contribution >= 0.6 is 0 Å². The molecule has 3 aromatic rings. The van der Waals surface area contributed by atoms with E-state index >= 15 is 0 Å². The first-order valence-electron chi connectivity index (χ1n) is 10.2. The van der Waals surface area contributed by atoms with Crippen molar-refractivity contribution in [2.24, 2.45) is 0 Å². The molecule has 0 saturated carbocycles. The topological polar surface area (TPSA) is 78.1 Å². The second kappa shape index (κ2) is 6.93. The number of aromatic nitrogens is 2. The van der Waals surface area contributed by atoms with Crippen LogP contribution < -0.4 is 5.32 Å². The van der Waals surface area contributed by atoms with Crippen LogP contribution in [0, 0.1) is 6.92 Å². The third-order valence-corrected chi connectivity index (χ3v) is 7.57. The number of H-pyrrole nitrogens is 1. The summed E-state index contributed by atoms with van der Waals surface area (Å²) in [7, 11) is -3.19. The molecule has 1 atom stereocenters. The lowest BCUT2D eigenvalue weighted by molar-refractivity contribution is 0.391. The van der Waals surface area contributed by atoms with E-state index in [4.69, 9.17) is 0 Å². The number of aromatic amines is 1. The van der Waals surface area contributed by atoms with Crippen molar-refractivity contribution < 1.29 is 8.42 Å². The zero-order valence-corrected chi connectivity index (χ0v) is 17.6. The molecule has 6 nitrogen and oxygen atoms in total. The molecule has 0 amide bonds. The van der Waals surface area contributed by atoms with Crippen LogP contribution in [0.15, 0.2) is 30.6 Å². The monoisotopic (exact) mass is 410 g/mol. The van der Waals surface area contributed by atoms with E-state index < -0.39 is 10.0 Å². The summed E-state index contributed by atoms with van der Waals surface area (Å²) in [5.41, 5.74) is 8.05. The molecular weight excluding hydrogens is 384 g/mol. The van der Waals surface area contributed by atoms with E-state index in [2.05, 4.69) is 40.4 Å². The number of sulfonamides is 1. The lowest BCUT2D eigenvalue weighted by Gasteiger charge is -2.30. The second-order valence-electron chi connectivity index (χ2n) is 8.29. The van der Waals surface area contributed by atoms with Gasteiger partial charge in [0.15, 0.2) is 0 Å². The molecule has 7 heteroatoms. The molecule has 0 radical (unpaired) electrons. The summed E-state index contributed by atoms with van der Waals surface area (Å²) in [5.74, 6) is 0. The minimum Gasteiger partial charge on any atom is -0.346 e. The fraction of sp³-hybridized carbons (Fsp3) is 0.409. The Balaban J connectivity index is 1.64. The maximum atomic E-state index is 12.1. The van der Waals surface area contributed by atoms with Gasteiger partial charge in [0.05, 0.1) is 6.26 Å². The van der Waals surface area contributed by atoms with E-state index in [0.717, 1.165) is 48.0 Å². The van der Waals surface area contributed by atoms with Gasteiger partial charge in [0.1, 0.15) is 5.65 Å². The molecule has 1 fully saturated rings. The molecule has 0 aliphatic carbocycles. The van der Waals surface area contributed by atoms with E-state index in [0.29, 0.717) is 13.1 Å². The highest BCUT2D eigenvalue weighted by Crippen LogP contribution is 2.36. The molecule has 4 heterocycles. The normalized spacial score (nSPS) is 20.3. The van der Waals surface area contributed by atoms with E-state index in [-0.39, 0.29) is 6.04 Å². The Bertz CT molecular complexity index is 1190.